The van der Waals surface area contributed by atoms with Gasteiger partial charge >= 0.3 is 0 Å². The number of carbonyl (C=O) groups is 1. The van der Waals surface area contributed by atoms with Gasteiger partial charge in [-0.15, -0.1) is 0 Å². The number of anilines is 1. The summed E-state index contributed by atoms with van der Waals surface area (Å²) in [5.41, 5.74) is 2.73. The molecular weight excluding hydrogens is 407 g/mol. The first-order valence-electron chi connectivity index (χ1n) is 8.58. The third-order valence-electron chi connectivity index (χ3n) is 4.16. The number of hydrogen-bond donors (Lipinski definition) is 2. The van der Waals surface area contributed by atoms with E-state index in [-0.39, 0.29) is 14.9 Å². The van der Waals surface area contributed by atoms with Crippen LogP contribution in [-0.4, -0.2) is 20.4 Å². The van der Waals surface area contributed by atoms with Crippen LogP contribution in [0.3, 0.4) is 0 Å². The molecule has 2 aromatic rings. The van der Waals surface area contributed by atoms with E-state index in [4.69, 9.17) is 23.2 Å². The van der Waals surface area contributed by atoms with Crippen molar-refractivity contribution in [1.82, 2.24) is 4.72 Å². The summed E-state index contributed by atoms with van der Waals surface area (Å²) in [6.07, 6.45) is 1.50. The quantitative estimate of drug-likeness (QED) is 0.684. The van der Waals surface area contributed by atoms with Crippen LogP contribution in [0.15, 0.2) is 41.3 Å². The average Bonchev–Trinajstić information content (AvgIpc) is 2.63. The third kappa shape index (κ3) is 5.23. The smallest absolute Gasteiger partial charge is 0.242 e. The van der Waals surface area contributed by atoms with Crippen molar-refractivity contribution in [2.75, 3.05) is 5.32 Å². The van der Waals surface area contributed by atoms with E-state index >= 15 is 0 Å². The highest BCUT2D eigenvalue weighted by Gasteiger charge is 2.25. The van der Waals surface area contributed by atoms with E-state index in [0.717, 1.165) is 29.7 Å². The number of halogens is 2. The first-order chi connectivity index (χ1) is 12.7. The Balaban J connectivity index is 2.23. The second kappa shape index (κ2) is 9.06. The molecule has 0 saturated carbocycles. The lowest BCUT2D eigenvalue weighted by atomic mass is 10.0. The molecule has 1 atom stereocenters. The van der Waals surface area contributed by atoms with Crippen LogP contribution in [0.5, 0.6) is 0 Å². The first kappa shape index (κ1) is 21.7. The maximum Gasteiger partial charge on any atom is 0.242 e. The molecular formula is C19H22Cl2N2O3S. The Morgan fingerprint density at radius 2 is 1.67 bits per heavy atom. The van der Waals surface area contributed by atoms with Crippen molar-refractivity contribution < 1.29 is 13.2 Å². The van der Waals surface area contributed by atoms with Crippen molar-refractivity contribution in [3.8, 4) is 0 Å². The highest BCUT2D eigenvalue weighted by molar-refractivity contribution is 7.89. The molecule has 0 unspecified atom stereocenters. The summed E-state index contributed by atoms with van der Waals surface area (Å²) in [5, 5.41) is 3.12. The van der Waals surface area contributed by atoms with Gasteiger partial charge in [-0.3, -0.25) is 4.79 Å². The van der Waals surface area contributed by atoms with E-state index in [2.05, 4.69) is 10.0 Å². The monoisotopic (exact) mass is 428 g/mol. The van der Waals surface area contributed by atoms with Crippen LogP contribution in [-0.2, 0) is 27.7 Å². The zero-order chi connectivity index (χ0) is 20.2. The maximum absolute atomic E-state index is 12.6. The molecule has 0 fully saturated rings. The Kier molecular flexibility index (Phi) is 7.28. The number of hydrogen-bond acceptors (Lipinski definition) is 3. The van der Waals surface area contributed by atoms with Gasteiger partial charge in [-0.1, -0.05) is 55.2 Å². The van der Waals surface area contributed by atoms with Gasteiger partial charge < -0.3 is 5.32 Å². The SMILES string of the molecule is CCc1cccc(CC)c1NC(=O)[C@@H](C)NS(=O)(=O)c1cc(Cl)ccc1Cl. The third-order valence-corrected chi connectivity index (χ3v) is 6.41. The number of para-hydroxylation sites is 1. The minimum atomic E-state index is -4.01. The minimum Gasteiger partial charge on any atom is -0.324 e. The topological polar surface area (TPSA) is 75.3 Å². The van der Waals surface area contributed by atoms with Gasteiger partial charge in [0, 0.05) is 10.7 Å². The molecule has 2 rings (SSSR count). The summed E-state index contributed by atoms with van der Waals surface area (Å²) >= 11 is 11.8. The normalized spacial score (nSPS) is 12.6. The fourth-order valence-corrected chi connectivity index (χ4v) is 4.63. The molecule has 0 aliphatic carbocycles. The predicted octanol–water partition coefficient (Wildman–Crippen LogP) is 4.42. The highest BCUT2D eigenvalue weighted by atomic mass is 35.5. The van der Waals surface area contributed by atoms with E-state index in [1.807, 2.05) is 32.0 Å². The molecule has 0 radical (unpaired) electrons. The fraction of sp³-hybridized carbons (Fsp3) is 0.316. The zero-order valence-corrected chi connectivity index (χ0v) is 17.7. The number of benzene rings is 2. The fourth-order valence-electron chi connectivity index (χ4n) is 2.67. The lowest BCUT2D eigenvalue weighted by Gasteiger charge is -2.18. The molecule has 5 nitrogen and oxygen atoms in total. The molecule has 0 spiro atoms. The van der Waals surface area contributed by atoms with Crippen molar-refractivity contribution in [3.05, 3.63) is 57.6 Å². The molecule has 0 saturated heterocycles. The van der Waals surface area contributed by atoms with Crippen molar-refractivity contribution >= 4 is 44.8 Å². The second-order valence-corrected chi connectivity index (χ2v) is 8.59. The van der Waals surface area contributed by atoms with Gasteiger partial charge in [-0.25, -0.2) is 8.42 Å². The summed E-state index contributed by atoms with van der Waals surface area (Å²) in [4.78, 5) is 12.4. The van der Waals surface area contributed by atoms with Crippen molar-refractivity contribution in [3.63, 3.8) is 0 Å². The van der Waals surface area contributed by atoms with E-state index in [9.17, 15) is 13.2 Å². The van der Waals surface area contributed by atoms with Crippen molar-refractivity contribution in [1.29, 1.82) is 0 Å². The molecule has 0 aromatic heterocycles. The number of nitrogens with one attached hydrogen (secondary N) is 2. The van der Waals surface area contributed by atoms with Crippen LogP contribution in [0, 0.1) is 0 Å². The van der Waals surface area contributed by atoms with Gasteiger partial charge in [0.1, 0.15) is 4.90 Å². The Morgan fingerprint density at radius 3 is 2.22 bits per heavy atom. The second-order valence-electron chi connectivity index (χ2n) is 6.07. The zero-order valence-electron chi connectivity index (χ0n) is 15.3. The highest BCUT2D eigenvalue weighted by Crippen LogP contribution is 2.26. The number of amides is 1. The summed E-state index contributed by atoms with van der Waals surface area (Å²) in [6.45, 7) is 5.47. The Morgan fingerprint density at radius 1 is 1.07 bits per heavy atom. The largest absolute Gasteiger partial charge is 0.324 e. The Hall–Kier alpha value is -1.60. The van der Waals surface area contributed by atoms with E-state index in [1.165, 1.54) is 25.1 Å². The molecule has 0 bridgehead atoms. The Labute approximate surface area is 170 Å². The van der Waals surface area contributed by atoms with Crippen LogP contribution in [0.1, 0.15) is 31.9 Å². The minimum absolute atomic E-state index is 0.0316. The van der Waals surface area contributed by atoms with Crippen molar-refractivity contribution in [2.24, 2.45) is 0 Å². The van der Waals surface area contributed by atoms with Gasteiger partial charge in [0.05, 0.1) is 11.1 Å². The molecule has 2 N–H and O–H groups in total. The van der Waals surface area contributed by atoms with Gasteiger partial charge in [-0.05, 0) is 49.1 Å². The summed E-state index contributed by atoms with van der Waals surface area (Å²) in [7, 11) is -4.01. The lowest BCUT2D eigenvalue weighted by Crippen LogP contribution is -2.41. The standard InChI is InChI=1S/C19H22Cl2N2O3S/c1-4-13-7-6-8-14(5-2)18(13)22-19(24)12(3)23-27(25,26)17-11-15(20)9-10-16(17)21/h6-12,23H,4-5H2,1-3H3,(H,22,24)/t12-/m1/s1. The summed E-state index contributed by atoms with van der Waals surface area (Å²) in [6, 6.07) is 8.96. The number of carbonyl (C=O) groups excluding carboxylic acids is 1. The van der Waals surface area contributed by atoms with Crippen LogP contribution < -0.4 is 10.0 Å². The molecule has 8 heteroatoms. The maximum atomic E-state index is 12.6. The van der Waals surface area contributed by atoms with Crippen LogP contribution in [0.4, 0.5) is 5.69 Å². The molecule has 27 heavy (non-hydrogen) atoms. The summed E-state index contributed by atoms with van der Waals surface area (Å²) in [5.74, 6) is -0.452. The predicted molar refractivity (Wildman–Crippen MR) is 110 cm³/mol. The number of rotatable bonds is 7. The average molecular weight is 429 g/mol. The Bertz CT molecular complexity index is 924. The lowest BCUT2D eigenvalue weighted by molar-refractivity contribution is -0.117. The first-order valence-corrected chi connectivity index (χ1v) is 10.8. The van der Waals surface area contributed by atoms with E-state index < -0.39 is 22.0 Å². The van der Waals surface area contributed by atoms with Crippen LogP contribution >= 0.6 is 23.2 Å². The van der Waals surface area contributed by atoms with Gasteiger partial charge in [0.2, 0.25) is 15.9 Å². The molecule has 0 aliphatic rings. The van der Waals surface area contributed by atoms with Gasteiger partial charge in [0.15, 0.2) is 0 Å². The van der Waals surface area contributed by atoms with Gasteiger partial charge in [0.25, 0.3) is 0 Å². The van der Waals surface area contributed by atoms with E-state index in [0.29, 0.717) is 0 Å². The van der Waals surface area contributed by atoms with Crippen LogP contribution in [0.2, 0.25) is 10.0 Å². The molecule has 2 aromatic carbocycles. The van der Waals surface area contributed by atoms with E-state index in [1.54, 1.807) is 0 Å². The van der Waals surface area contributed by atoms with Crippen molar-refractivity contribution in [2.45, 2.75) is 44.6 Å². The molecule has 0 aliphatic heterocycles. The van der Waals surface area contributed by atoms with Gasteiger partial charge in [-0.2, -0.15) is 4.72 Å². The van der Waals surface area contributed by atoms with Crippen LogP contribution in [0.25, 0.3) is 0 Å². The number of sulfonamides is 1. The molecule has 0 heterocycles. The molecule has 146 valence electrons. The molecule has 1 amide bonds. The summed E-state index contributed by atoms with van der Waals surface area (Å²) < 4.78 is 27.5. The number of aryl methyl sites for hydroxylation is 2.